The molecule has 0 radical (unpaired) electrons. The van der Waals surface area contributed by atoms with Gasteiger partial charge in [-0.2, -0.15) is 0 Å². The van der Waals surface area contributed by atoms with Crippen LogP contribution in [0.1, 0.15) is 58.3 Å². The standard InChI is InChI=1S/C17H33N3O2/c1-3-18-15(20-14-17(21)9-6-10-17)19-13-16(11-12-22-2)7-4-5-8-16/h21H,3-14H2,1-2H3,(H2,18,19,20). The summed E-state index contributed by atoms with van der Waals surface area (Å²) < 4.78 is 5.28. The van der Waals surface area contributed by atoms with Gasteiger partial charge in [0.15, 0.2) is 5.96 Å². The van der Waals surface area contributed by atoms with Gasteiger partial charge in [0, 0.05) is 33.4 Å². The number of nitrogens with zero attached hydrogens (tertiary/aromatic N) is 1. The normalized spacial score (nSPS) is 23.1. The van der Waals surface area contributed by atoms with E-state index < -0.39 is 5.60 Å². The monoisotopic (exact) mass is 311 g/mol. The van der Waals surface area contributed by atoms with Gasteiger partial charge < -0.3 is 20.5 Å². The molecule has 5 nitrogen and oxygen atoms in total. The molecule has 0 aromatic carbocycles. The Labute approximate surface area is 134 Å². The number of aliphatic hydroxyl groups is 1. The lowest BCUT2D eigenvalue weighted by molar-refractivity contribution is -0.0279. The van der Waals surface area contributed by atoms with Gasteiger partial charge in [0.2, 0.25) is 0 Å². The van der Waals surface area contributed by atoms with E-state index in [1.54, 1.807) is 7.11 Å². The van der Waals surface area contributed by atoms with Crippen LogP contribution in [0.3, 0.4) is 0 Å². The van der Waals surface area contributed by atoms with Gasteiger partial charge in [-0.25, -0.2) is 0 Å². The second kappa shape index (κ2) is 8.16. The van der Waals surface area contributed by atoms with Gasteiger partial charge in [0.05, 0.1) is 5.60 Å². The zero-order valence-corrected chi connectivity index (χ0v) is 14.3. The number of hydrogen-bond donors (Lipinski definition) is 3. The molecule has 22 heavy (non-hydrogen) atoms. The topological polar surface area (TPSA) is 65.9 Å². The molecule has 0 unspecified atom stereocenters. The van der Waals surface area contributed by atoms with Crippen molar-refractivity contribution in [3.8, 4) is 0 Å². The molecule has 2 saturated carbocycles. The Morgan fingerprint density at radius 2 is 1.86 bits per heavy atom. The molecule has 0 aromatic rings. The quantitative estimate of drug-likeness (QED) is 0.474. The first-order valence-electron chi connectivity index (χ1n) is 8.85. The Morgan fingerprint density at radius 3 is 2.41 bits per heavy atom. The Bertz CT molecular complexity index is 361. The smallest absolute Gasteiger partial charge is 0.191 e. The first-order chi connectivity index (χ1) is 10.6. The van der Waals surface area contributed by atoms with E-state index in [0.717, 1.165) is 51.3 Å². The molecule has 2 aliphatic rings. The Balaban J connectivity index is 1.89. The minimum atomic E-state index is -0.517. The molecule has 0 atom stereocenters. The molecule has 0 heterocycles. The van der Waals surface area contributed by atoms with E-state index in [1.807, 2.05) is 0 Å². The SMILES string of the molecule is CCNC(=NCC1(CCOC)CCCC1)NCC1(O)CCC1. The molecule has 3 N–H and O–H groups in total. The van der Waals surface area contributed by atoms with Crippen LogP contribution >= 0.6 is 0 Å². The maximum atomic E-state index is 10.2. The summed E-state index contributed by atoms with van der Waals surface area (Å²) in [6.45, 7) is 5.19. The van der Waals surface area contributed by atoms with Crippen LogP contribution in [0.25, 0.3) is 0 Å². The molecular formula is C17H33N3O2. The van der Waals surface area contributed by atoms with E-state index in [-0.39, 0.29) is 0 Å². The van der Waals surface area contributed by atoms with Crippen molar-refractivity contribution in [2.75, 3.05) is 33.4 Å². The number of methoxy groups -OCH3 is 1. The molecule has 2 rings (SSSR count). The Morgan fingerprint density at radius 1 is 1.14 bits per heavy atom. The number of aliphatic imine (C=N–C) groups is 1. The van der Waals surface area contributed by atoms with Crippen LogP contribution in [0.5, 0.6) is 0 Å². The number of guanidine groups is 1. The second-order valence-corrected chi connectivity index (χ2v) is 7.08. The first kappa shape index (κ1) is 17.5. The number of rotatable bonds is 8. The van der Waals surface area contributed by atoms with Crippen molar-refractivity contribution in [1.82, 2.24) is 10.6 Å². The van der Waals surface area contributed by atoms with Crippen LogP contribution in [0.2, 0.25) is 0 Å². The average molecular weight is 311 g/mol. The molecular weight excluding hydrogens is 278 g/mol. The van der Waals surface area contributed by atoms with Crippen LogP contribution < -0.4 is 10.6 Å². The minimum Gasteiger partial charge on any atom is -0.388 e. The summed E-state index contributed by atoms with van der Waals surface area (Å²) in [7, 11) is 1.77. The van der Waals surface area contributed by atoms with Crippen molar-refractivity contribution < 1.29 is 9.84 Å². The lowest BCUT2D eigenvalue weighted by atomic mass is 9.80. The highest BCUT2D eigenvalue weighted by Crippen LogP contribution is 2.41. The van der Waals surface area contributed by atoms with Gasteiger partial charge >= 0.3 is 0 Å². The molecule has 128 valence electrons. The third kappa shape index (κ3) is 4.85. The molecule has 5 heteroatoms. The largest absolute Gasteiger partial charge is 0.388 e. The van der Waals surface area contributed by atoms with E-state index >= 15 is 0 Å². The zero-order chi connectivity index (χ0) is 15.9. The van der Waals surface area contributed by atoms with Gasteiger partial charge in [-0.3, -0.25) is 4.99 Å². The predicted molar refractivity (Wildman–Crippen MR) is 90.2 cm³/mol. The number of hydrogen-bond acceptors (Lipinski definition) is 3. The van der Waals surface area contributed by atoms with Crippen LogP contribution in [0.4, 0.5) is 0 Å². The van der Waals surface area contributed by atoms with E-state index in [1.165, 1.54) is 25.7 Å². The second-order valence-electron chi connectivity index (χ2n) is 7.08. The van der Waals surface area contributed by atoms with E-state index in [9.17, 15) is 5.11 Å². The predicted octanol–water partition coefficient (Wildman–Crippen LogP) is 2.05. The van der Waals surface area contributed by atoms with Crippen molar-refractivity contribution in [1.29, 1.82) is 0 Å². The highest BCUT2D eigenvalue weighted by atomic mass is 16.5. The van der Waals surface area contributed by atoms with Gasteiger partial charge in [-0.15, -0.1) is 0 Å². The first-order valence-corrected chi connectivity index (χ1v) is 8.85. The van der Waals surface area contributed by atoms with Crippen LogP contribution in [-0.2, 0) is 4.74 Å². The summed E-state index contributed by atoms with van der Waals surface area (Å²) in [4.78, 5) is 4.81. The molecule has 2 aliphatic carbocycles. The molecule has 0 aromatic heterocycles. The molecule has 2 fully saturated rings. The zero-order valence-electron chi connectivity index (χ0n) is 14.3. The third-order valence-electron chi connectivity index (χ3n) is 5.29. The number of nitrogens with one attached hydrogen (secondary N) is 2. The molecule has 0 saturated heterocycles. The minimum absolute atomic E-state index is 0.311. The fourth-order valence-corrected chi connectivity index (χ4v) is 3.53. The van der Waals surface area contributed by atoms with Gasteiger partial charge in [0.1, 0.15) is 0 Å². The van der Waals surface area contributed by atoms with Crippen LogP contribution in [-0.4, -0.2) is 50.0 Å². The summed E-state index contributed by atoms with van der Waals surface area (Å²) in [5, 5.41) is 16.8. The highest BCUT2D eigenvalue weighted by molar-refractivity contribution is 5.79. The van der Waals surface area contributed by atoms with Crippen molar-refractivity contribution in [2.24, 2.45) is 10.4 Å². The van der Waals surface area contributed by atoms with Crippen LogP contribution in [0.15, 0.2) is 4.99 Å². The summed E-state index contributed by atoms with van der Waals surface area (Å²) >= 11 is 0. The van der Waals surface area contributed by atoms with Gasteiger partial charge in [-0.05, 0) is 50.9 Å². The fraction of sp³-hybridized carbons (Fsp3) is 0.941. The lowest BCUT2D eigenvalue weighted by Crippen LogP contribution is -2.50. The van der Waals surface area contributed by atoms with Gasteiger partial charge in [-0.1, -0.05) is 12.8 Å². The summed E-state index contributed by atoms with van der Waals surface area (Å²) in [6, 6.07) is 0. The van der Waals surface area contributed by atoms with E-state index in [4.69, 9.17) is 9.73 Å². The third-order valence-corrected chi connectivity index (χ3v) is 5.29. The lowest BCUT2D eigenvalue weighted by Gasteiger charge is -2.37. The Kier molecular flexibility index (Phi) is 6.50. The molecule has 0 amide bonds. The maximum absolute atomic E-state index is 10.2. The van der Waals surface area contributed by atoms with E-state index in [0.29, 0.717) is 12.0 Å². The number of ether oxygens (including phenoxy) is 1. The molecule has 0 aliphatic heterocycles. The average Bonchev–Trinajstić information content (AvgIpc) is 2.95. The Hall–Kier alpha value is -0.810. The fourth-order valence-electron chi connectivity index (χ4n) is 3.53. The molecule has 0 bridgehead atoms. The van der Waals surface area contributed by atoms with E-state index in [2.05, 4.69) is 17.6 Å². The summed E-state index contributed by atoms with van der Waals surface area (Å²) in [6.07, 6.45) is 9.15. The highest BCUT2D eigenvalue weighted by Gasteiger charge is 2.35. The van der Waals surface area contributed by atoms with Crippen molar-refractivity contribution in [3.05, 3.63) is 0 Å². The van der Waals surface area contributed by atoms with Crippen molar-refractivity contribution in [3.63, 3.8) is 0 Å². The van der Waals surface area contributed by atoms with Crippen molar-refractivity contribution in [2.45, 2.75) is 63.9 Å². The summed E-state index contributed by atoms with van der Waals surface area (Å²) in [5.74, 6) is 0.839. The molecule has 0 spiro atoms. The van der Waals surface area contributed by atoms with Crippen molar-refractivity contribution >= 4 is 5.96 Å². The van der Waals surface area contributed by atoms with Crippen LogP contribution in [0, 0.1) is 5.41 Å². The summed E-state index contributed by atoms with van der Waals surface area (Å²) in [5.41, 5.74) is -0.205. The maximum Gasteiger partial charge on any atom is 0.191 e. The van der Waals surface area contributed by atoms with Gasteiger partial charge in [0.25, 0.3) is 0 Å².